The molecule has 1 aromatic rings. The van der Waals surface area contributed by atoms with Crippen molar-refractivity contribution in [3.05, 3.63) is 29.8 Å². The van der Waals surface area contributed by atoms with Crippen molar-refractivity contribution in [2.45, 2.75) is 18.9 Å². The number of carbonyl (C=O) groups excluding carboxylic acids is 2. The van der Waals surface area contributed by atoms with Crippen molar-refractivity contribution < 1.29 is 14.3 Å². The zero-order chi connectivity index (χ0) is 18.4. The fraction of sp³-hybridized carbons (Fsp3) is 0.438. The van der Waals surface area contributed by atoms with E-state index in [0.717, 1.165) is 17.2 Å². The van der Waals surface area contributed by atoms with Crippen LogP contribution in [0.4, 0.5) is 4.79 Å². The topological polar surface area (TPSA) is 82.7 Å². The number of hydrogen-bond donors (Lipinski definition) is 3. The van der Waals surface area contributed by atoms with Gasteiger partial charge in [0.1, 0.15) is 11.3 Å². The molecule has 0 unspecified atom stereocenters. The Balaban J connectivity index is 2.07. The SMILES string of the molecule is COc1cccc([C@@]2(C)NC(=O)N(NC(=S)NCCCSC)C2=O)c1. The summed E-state index contributed by atoms with van der Waals surface area (Å²) in [6.45, 7) is 2.32. The second-order valence-corrected chi connectivity index (χ2v) is 7.04. The zero-order valence-electron chi connectivity index (χ0n) is 14.4. The number of hydrazine groups is 1. The fourth-order valence-electron chi connectivity index (χ4n) is 2.43. The van der Waals surface area contributed by atoms with Crippen LogP contribution in [-0.4, -0.2) is 47.7 Å². The Hall–Kier alpha value is -2.00. The Labute approximate surface area is 156 Å². The van der Waals surface area contributed by atoms with Crippen molar-refractivity contribution in [3.8, 4) is 5.75 Å². The van der Waals surface area contributed by atoms with Crippen LogP contribution in [0.3, 0.4) is 0 Å². The maximum Gasteiger partial charge on any atom is 0.344 e. The van der Waals surface area contributed by atoms with Gasteiger partial charge in [-0.1, -0.05) is 12.1 Å². The normalized spacial score (nSPS) is 19.6. The first-order chi connectivity index (χ1) is 11.9. The molecule has 3 N–H and O–H groups in total. The van der Waals surface area contributed by atoms with Gasteiger partial charge in [0.05, 0.1) is 7.11 Å². The minimum Gasteiger partial charge on any atom is -0.497 e. The maximum absolute atomic E-state index is 12.8. The fourth-order valence-corrected chi connectivity index (χ4v) is 3.06. The van der Waals surface area contributed by atoms with Crippen molar-refractivity contribution in [3.63, 3.8) is 0 Å². The largest absolute Gasteiger partial charge is 0.497 e. The van der Waals surface area contributed by atoms with Crippen molar-refractivity contribution in [1.29, 1.82) is 0 Å². The maximum atomic E-state index is 12.8. The molecule has 1 atom stereocenters. The van der Waals surface area contributed by atoms with Crippen LogP contribution in [0.5, 0.6) is 5.75 Å². The molecule has 9 heteroatoms. The summed E-state index contributed by atoms with van der Waals surface area (Å²) in [5, 5.41) is 6.83. The van der Waals surface area contributed by atoms with Crippen LogP contribution in [0.2, 0.25) is 0 Å². The molecule has 2 rings (SSSR count). The molecule has 1 aromatic carbocycles. The molecule has 0 aliphatic carbocycles. The van der Waals surface area contributed by atoms with Crippen molar-refractivity contribution in [2.24, 2.45) is 0 Å². The van der Waals surface area contributed by atoms with E-state index in [9.17, 15) is 9.59 Å². The average molecular weight is 383 g/mol. The number of amides is 3. The van der Waals surface area contributed by atoms with Gasteiger partial charge in [-0.15, -0.1) is 0 Å². The highest BCUT2D eigenvalue weighted by atomic mass is 32.2. The number of urea groups is 1. The van der Waals surface area contributed by atoms with Gasteiger partial charge in [0, 0.05) is 6.54 Å². The molecule has 0 aromatic heterocycles. The van der Waals surface area contributed by atoms with Crippen LogP contribution in [-0.2, 0) is 10.3 Å². The summed E-state index contributed by atoms with van der Waals surface area (Å²) < 4.78 is 5.19. The molecule has 0 saturated carbocycles. The van der Waals surface area contributed by atoms with E-state index in [4.69, 9.17) is 17.0 Å². The van der Waals surface area contributed by atoms with E-state index in [0.29, 0.717) is 17.9 Å². The van der Waals surface area contributed by atoms with E-state index in [1.165, 1.54) is 0 Å². The van der Waals surface area contributed by atoms with E-state index in [-0.39, 0.29) is 5.11 Å². The lowest BCUT2D eigenvalue weighted by atomic mass is 9.92. The number of thiocarbonyl (C=S) groups is 1. The number of nitrogens with one attached hydrogen (secondary N) is 3. The monoisotopic (exact) mass is 382 g/mol. The van der Waals surface area contributed by atoms with Crippen LogP contribution in [0.15, 0.2) is 24.3 Å². The third-order valence-corrected chi connectivity index (χ3v) is 4.79. The number of benzene rings is 1. The van der Waals surface area contributed by atoms with Crippen LogP contribution < -0.4 is 20.8 Å². The lowest BCUT2D eigenvalue weighted by Gasteiger charge is -2.23. The number of nitrogens with zero attached hydrogens (tertiary/aromatic N) is 1. The van der Waals surface area contributed by atoms with E-state index < -0.39 is 17.5 Å². The molecule has 7 nitrogen and oxygen atoms in total. The van der Waals surface area contributed by atoms with Gasteiger partial charge >= 0.3 is 6.03 Å². The van der Waals surface area contributed by atoms with Crippen molar-refractivity contribution >= 4 is 41.0 Å². The minimum atomic E-state index is -1.19. The first-order valence-electron chi connectivity index (χ1n) is 7.77. The molecular formula is C16H22N4O3S2. The third kappa shape index (κ3) is 4.35. The van der Waals surface area contributed by atoms with Crippen LogP contribution in [0.1, 0.15) is 18.9 Å². The molecule has 1 heterocycles. The summed E-state index contributed by atoms with van der Waals surface area (Å²) in [6.07, 6.45) is 2.97. The Kier molecular flexibility index (Phi) is 6.49. The van der Waals surface area contributed by atoms with Crippen LogP contribution in [0.25, 0.3) is 0 Å². The summed E-state index contributed by atoms with van der Waals surface area (Å²) in [7, 11) is 1.55. The number of methoxy groups -OCH3 is 1. The lowest BCUT2D eigenvalue weighted by molar-refractivity contribution is -0.132. The molecule has 0 spiro atoms. The highest BCUT2D eigenvalue weighted by Crippen LogP contribution is 2.30. The van der Waals surface area contributed by atoms with Gasteiger partial charge in [-0.25, -0.2) is 4.79 Å². The standard InChI is InChI=1S/C16H22N4O3S2/c1-16(11-6-4-7-12(10-11)23-2)13(21)20(15(22)18-16)19-14(24)17-8-5-9-25-3/h4,6-7,10H,5,8-9H2,1-3H3,(H,18,22)(H2,17,19,24)/t16-/m1/s1. The highest BCUT2D eigenvalue weighted by Gasteiger charge is 2.49. The molecule has 0 bridgehead atoms. The Morgan fingerprint density at radius 2 is 2.20 bits per heavy atom. The summed E-state index contributed by atoms with van der Waals surface area (Å²) >= 11 is 6.90. The minimum absolute atomic E-state index is 0.236. The smallest absolute Gasteiger partial charge is 0.344 e. The number of ether oxygens (including phenoxy) is 1. The second-order valence-electron chi connectivity index (χ2n) is 5.64. The molecule has 136 valence electrons. The number of rotatable bonds is 7. The first-order valence-corrected chi connectivity index (χ1v) is 9.57. The summed E-state index contributed by atoms with van der Waals surface area (Å²) in [5.74, 6) is 1.18. The van der Waals surface area contributed by atoms with Crippen LogP contribution >= 0.6 is 24.0 Å². The number of imide groups is 1. The number of hydrogen-bond acceptors (Lipinski definition) is 5. The van der Waals surface area contributed by atoms with Gasteiger partial charge in [0.25, 0.3) is 5.91 Å². The average Bonchev–Trinajstić information content (AvgIpc) is 2.83. The van der Waals surface area contributed by atoms with Crippen molar-refractivity contribution in [1.82, 2.24) is 21.1 Å². The number of thioether (sulfide) groups is 1. The quantitative estimate of drug-likeness (QED) is 0.375. The van der Waals surface area contributed by atoms with Gasteiger partial charge < -0.3 is 15.4 Å². The van der Waals surface area contributed by atoms with E-state index >= 15 is 0 Å². The lowest BCUT2D eigenvalue weighted by Crippen LogP contribution is -2.51. The Morgan fingerprint density at radius 1 is 1.44 bits per heavy atom. The van der Waals surface area contributed by atoms with Gasteiger partial charge in [-0.3, -0.25) is 10.2 Å². The van der Waals surface area contributed by atoms with Crippen LogP contribution in [0, 0.1) is 0 Å². The van der Waals surface area contributed by atoms with E-state index in [1.54, 1.807) is 50.1 Å². The summed E-state index contributed by atoms with van der Waals surface area (Å²) in [4.78, 5) is 25.0. The number of carbonyl (C=O) groups is 2. The van der Waals surface area contributed by atoms with E-state index in [1.807, 2.05) is 6.26 Å². The highest BCUT2D eigenvalue weighted by molar-refractivity contribution is 7.98. The molecule has 1 saturated heterocycles. The molecule has 1 aliphatic heterocycles. The first kappa shape index (κ1) is 19.3. The molecule has 3 amide bonds. The summed E-state index contributed by atoms with van der Waals surface area (Å²) in [5.41, 5.74) is 2.11. The van der Waals surface area contributed by atoms with Crippen molar-refractivity contribution in [2.75, 3.05) is 25.7 Å². The van der Waals surface area contributed by atoms with Gasteiger partial charge in [-0.2, -0.15) is 16.8 Å². The van der Waals surface area contributed by atoms with Gasteiger partial charge in [-0.05, 0) is 55.3 Å². The molecule has 1 aliphatic rings. The Bertz CT molecular complexity index is 671. The third-order valence-electron chi connectivity index (χ3n) is 3.86. The van der Waals surface area contributed by atoms with Gasteiger partial charge in [0.2, 0.25) is 0 Å². The second kappa shape index (κ2) is 8.39. The predicted octanol–water partition coefficient (Wildman–Crippen LogP) is 1.59. The summed E-state index contributed by atoms with van der Waals surface area (Å²) in [6, 6.07) is 6.48. The molecular weight excluding hydrogens is 360 g/mol. The molecule has 0 radical (unpaired) electrons. The van der Waals surface area contributed by atoms with Gasteiger partial charge in [0.15, 0.2) is 5.11 Å². The molecule has 25 heavy (non-hydrogen) atoms. The Morgan fingerprint density at radius 3 is 2.88 bits per heavy atom. The van der Waals surface area contributed by atoms with E-state index in [2.05, 4.69) is 16.1 Å². The molecule has 1 fully saturated rings. The predicted molar refractivity (Wildman–Crippen MR) is 102 cm³/mol. The zero-order valence-corrected chi connectivity index (χ0v) is 16.1.